The Balaban J connectivity index is 4.26. The van der Waals surface area contributed by atoms with Crippen LogP contribution >= 0.6 is 0 Å². The Kier molecular flexibility index (Phi) is 2.56. The zero-order valence-electron chi connectivity index (χ0n) is 5.76. The maximum absolute atomic E-state index is 10.2. The van der Waals surface area contributed by atoms with Crippen LogP contribution in [0.5, 0.6) is 0 Å². The summed E-state index contributed by atoms with van der Waals surface area (Å²) >= 11 is 0. The predicted octanol–water partition coefficient (Wildman–Crippen LogP) is 0.861. The molecular formula is C7H11O2. The van der Waals surface area contributed by atoms with Crippen molar-refractivity contribution in [1.29, 1.82) is 0 Å². The third kappa shape index (κ3) is 1.63. The van der Waals surface area contributed by atoms with E-state index in [9.17, 15) is 9.59 Å². The number of rotatable bonds is 3. The molecule has 1 radical (unpaired) electrons. The van der Waals surface area contributed by atoms with Gasteiger partial charge >= 0.3 is 0 Å². The van der Waals surface area contributed by atoms with Gasteiger partial charge in [-0.2, -0.15) is 0 Å². The molecule has 0 heterocycles. The number of carbonyl (C=O) groups excluding carboxylic acids is 2. The molecule has 0 aromatic rings. The van der Waals surface area contributed by atoms with E-state index in [-0.39, 0.29) is 5.92 Å². The monoisotopic (exact) mass is 127 g/mol. The Bertz CT molecular complexity index is 108. The van der Waals surface area contributed by atoms with Gasteiger partial charge < -0.3 is 9.59 Å². The fourth-order valence-corrected chi connectivity index (χ4v) is 0.260. The molecule has 2 nitrogen and oxygen atoms in total. The molecule has 51 valence electrons. The lowest BCUT2D eigenvalue weighted by molar-refractivity contribution is -0.127. The minimum Gasteiger partial charge on any atom is -0.302 e. The Hall–Kier alpha value is -0.660. The summed E-state index contributed by atoms with van der Waals surface area (Å²) in [5.74, 6) is -0.160. The van der Waals surface area contributed by atoms with E-state index in [0.29, 0.717) is 12.6 Å². The number of hydrogen-bond acceptors (Lipinski definition) is 2. The lowest BCUT2D eigenvalue weighted by Crippen LogP contribution is -2.26. The van der Waals surface area contributed by atoms with E-state index in [1.54, 1.807) is 13.8 Å². The fraction of sp³-hybridized carbons (Fsp3) is 0.571. The van der Waals surface area contributed by atoms with Gasteiger partial charge in [-0.05, 0) is 19.8 Å². The van der Waals surface area contributed by atoms with Crippen molar-refractivity contribution in [3.63, 3.8) is 0 Å². The van der Waals surface area contributed by atoms with E-state index >= 15 is 0 Å². The normalized spacial score (nSPS) is 11.6. The lowest BCUT2D eigenvalue weighted by Gasteiger charge is -2.18. The topological polar surface area (TPSA) is 34.1 Å². The van der Waals surface area contributed by atoms with E-state index in [1.165, 1.54) is 0 Å². The van der Waals surface area contributed by atoms with E-state index in [4.69, 9.17) is 0 Å². The zero-order valence-corrected chi connectivity index (χ0v) is 5.76. The summed E-state index contributed by atoms with van der Waals surface area (Å²) < 4.78 is 0. The highest BCUT2D eigenvalue weighted by Crippen LogP contribution is 2.19. The molecule has 0 bridgehead atoms. The van der Waals surface area contributed by atoms with Gasteiger partial charge in [0.25, 0.3) is 0 Å². The Labute approximate surface area is 55.3 Å². The zero-order chi connectivity index (χ0) is 7.49. The summed E-state index contributed by atoms with van der Waals surface area (Å²) in [6, 6.07) is 0. The SMILES string of the molecule is [CH2]C(C)C(C)(C=O)C=O. The van der Waals surface area contributed by atoms with E-state index in [2.05, 4.69) is 6.92 Å². The fourth-order valence-electron chi connectivity index (χ4n) is 0.260. The first-order chi connectivity index (χ1) is 4.06. The van der Waals surface area contributed by atoms with Gasteiger partial charge in [-0.25, -0.2) is 0 Å². The number of hydrogen-bond donors (Lipinski definition) is 0. The third-order valence-corrected chi connectivity index (χ3v) is 1.57. The van der Waals surface area contributed by atoms with Gasteiger partial charge in [-0.3, -0.25) is 0 Å². The van der Waals surface area contributed by atoms with Crippen LogP contribution in [0.2, 0.25) is 0 Å². The van der Waals surface area contributed by atoms with Crippen molar-refractivity contribution < 1.29 is 9.59 Å². The van der Waals surface area contributed by atoms with Crippen molar-refractivity contribution in [3.05, 3.63) is 6.92 Å². The van der Waals surface area contributed by atoms with E-state index in [0.717, 1.165) is 0 Å². The van der Waals surface area contributed by atoms with Gasteiger partial charge in [0.15, 0.2) is 0 Å². The molecule has 0 saturated heterocycles. The van der Waals surface area contributed by atoms with Gasteiger partial charge in [0, 0.05) is 0 Å². The summed E-state index contributed by atoms with van der Waals surface area (Å²) in [6.07, 6.45) is 1.27. The molecule has 0 aliphatic carbocycles. The van der Waals surface area contributed by atoms with Crippen LogP contribution in [0.1, 0.15) is 13.8 Å². The van der Waals surface area contributed by atoms with Gasteiger partial charge in [-0.1, -0.05) is 6.92 Å². The van der Waals surface area contributed by atoms with Gasteiger partial charge in [0.1, 0.15) is 12.6 Å². The molecule has 0 aromatic heterocycles. The third-order valence-electron chi connectivity index (χ3n) is 1.57. The molecule has 0 fully saturated rings. The van der Waals surface area contributed by atoms with Crippen LogP contribution in [0, 0.1) is 18.3 Å². The Morgan fingerprint density at radius 2 is 1.78 bits per heavy atom. The molecule has 0 rings (SSSR count). The van der Waals surface area contributed by atoms with Crippen molar-refractivity contribution >= 4 is 12.6 Å². The maximum atomic E-state index is 10.2. The van der Waals surface area contributed by atoms with Gasteiger partial charge in [0.05, 0.1) is 5.41 Å². The Morgan fingerprint density at radius 3 is 1.78 bits per heavy atom. The predicted molar refractivity (Wildman–Crippen MR) is 34.8 cm³/mol. The van der Waals surface area contributed by atoms with Crippen LogP contribution < -0.4 is 0 Å². The van der Waals surface area contributed by atoms with E-state index < -0.39 is 5.41 Å². The largest absolute Gasteiger partial charge is 0.302 e. The molecule has 0 N–H and O–H groups in total. The second kappa shape index (κ2) is 2.76. The van der Waals surface area contributed by atoms with Crippen LogP contribution in [0.3, 0.4) is 0 Å². The molecule has 1 atom stereocenters. The quantitative estimate of drug-likeness (QED) is 0.416. The van der Waals surface area contributed by atoms with E-state index in [1.807, 2.05) is 0 Å². The molecule has 0 amide bonds. The Morgan fingerprint density at radius 1 is 1.44 bits per heavy atom. The molecule has 0 aliphatic heterocycles. The van der Waals surface area contributed by atoms with Crippen molar-refractivity contribution in [1.82, 2.24) is 0 Å². The smallest absolute Gasteiger partial charge is 0.133 e. The number of carbonyl (C=O) groups is 2. The molecule has 2 heteroatoms. The van der Waals surface area contributed by atoms with Crippen LogP contribution in [0.4, 0.5) is 0 Å². The second-order valence-electron chi connectivity index (χ2n) is 2.50. The van der Waals surface area contributed by atoms with Crippen LogP contribution in [0.15, 0.2) is 0 Å². The minimum atomic E-state index is -0.889. The lowest BCUT2D eigenvalue weighted by atomic mass is 9.82. The molecule has 0 spiro atoms. The molecule has 0 aromatic carbocycles. The highest BCUT2D eigenvalue weighted by Gasteiger charge is 2.26. The first-order valence-corrected chi connectivity index (χ1v) is 2.82. The average Bonchev–Trinajstić information content (AvgIpc) is 1.86. The van der Waals surface area contributed by atoms with Crippen LogP contribution in [-0.2, 0) is 9.59 Å². The summed E-state index contributed by atoms with van der Waals surface area (Å²) in [4.78, 5) is 20.5. The van der Waals surface area contributed by atoms with Gasteiger partial charge in [0.2, 0.25) is 0 Å². The molecule has 1 unspecified atom stereocenters. The minimum absolute atomic E-state index is 0.160. The van der Waals surface area contributed by atoms with Crippen molar-refractivity contribution in [3.8, 4) is 0 Å². The molecule has 0 aliphatic rings. The van der Waals surface area contributed by atoms with Gasteiger partial charge in [-0.15, -0.1) is 0 Å². The highest BCUT2D eigenvalue weighted by atomic mass is 16.1. The molecular weight excluding hydrogens is 116 g/mol. The summed E-state index contributed by atoms with van der Waals surface area (Å²) in [6.45, 7) is 6.90. The maximum Gasteiger partial charge on any atom is 0.133 e. The standard InChI is InChI=1S/C7H11O2/c1-6(2)7(3,4-8)5-9/h4-6H,1H2,2-3H3. The van der Waals surface area contributed by atoms with Crippen molar-refractivity contribution in [2.45, 2.75) is 13.8 Å². The first-order valence-electron chi connectivity index (χ1n) is 2.82. The summed E-state index contributed by atoms with van der Waals surface area (Å²) in [7, 11) is 0. The number of aldehydes is 2. The average molecular weight is 127 g/mol. The molecule has 0 saturated carbocycles. The van der Waals surface area contributed by atoms with Crippen molar-refractivity contribution in [2.75, 3.05) is 0 Å². The van der Waals surface area contributed by atoms with Crippen LogP contribution in [-0.4, -0.2) is 12.6 Å². The summed E-state index contributed by atoms with van der Waals surface area (Å²) in [5, 5.41) is 0. The first kappa shape index (κ1) is 8.34. The highest BCUT2D eigenvalue weighted by molar-refractivity contribution is 5.83. The van der Waals surface area contributed by atoms with Crippen LogP contribution in [0.25, 0.3) is 0 Å². The second-order valence-corrected chi connectivity index (χ2v) is 2.50. The summed E-state index contributed by atoms with van der Waals surface area (Å²) in [5.41, 5.74) is -0.889. The molecule has 9 heavy (non-hydrogen) atoms. The van der Waals surface area contributed by atoms with Crippen molar-refractivity contribution in [2.24, 2.45) is 11.3 Å².